The molecule has 0 aliphatic carbocycles. The van der Waals surface area contributed by atoms with Crippen LogP contribution >= 0.6 is 39.1 Å². The highest BCUT2D eigenvalue weighted by Gasteiger charge is 2.16. The van der Waals surface area contributed by atoms with Crippen molar-refractivity contribution in [1.29, 1.82) is 0 Å². The molecule has 0 amide bonds. The van der Waals surface area contributed by atoms with E-state index in [-0.39, 0.29) is 6.04 Å². The van der Waals surface area contributed by atoms with Gasteiger partial charge in [-0.1, -0.05) is 51.3 Å². The van der Waals surface area contributed by atoms with Crippen LogP contribution < -0.4 is 11.1 Å². The topological polar surface area (TPSA) is 38.0 Å². The first-order chi connectivity index (χ1) is 9.11. The molecule has 5 heteroatoms. The summed E-state index contributed by atoms with van der Waals surface area (Å²) in [6.07, 6.45) is 0. The van der Waals surface area contributed by atoms with Crippen LogP contribution in [-0.2, 0) is 0 Å². The fraction of sp³-hybridized carbons (Fsp3) is 0.143. The normalized spacial score (nSPS) is 12.2. The number of anilines is 1. The lowest BCUT2D eigenvalue weighted by atomic mass is 10.1. The Bertz CT molecular complexity index is 555. The predicted molar refractivity (Wildman–Crippen MR) is 86.0 cm³/mol. The summed E-state index contributed by atoms with van der Waals surface area (Å²) in [4.78, 5) is 0. The molecule has 0 spiro atoms. The third kappa shape index (κ3) is 3.63. The standard InChI is InChI=1S/C14H13BrCl2N2/c15-9-3-1-4-10(7-9)19-13(8-18)14-11(16)5-2-6-12(14)17/h1-7,13,19H,8,18H2. The molecule has 0 saturated carbocycles. The molecule has 2 nitrogen and oxygen atoms in total. The lowest BCUT2D eigenvalue weighted by Gasteiger charge is -2.21. The molecule has 3 N–H and O–H groups in total. The van der Waals surface area contributed by atoms with E-state index in [0.29, 0.717) is 16.6 Å². The molecule has 2 rings (SSSR count). The van der Waals surface area contributed by atoms with Crippen LogP contribution in [0.4, 0.5) is 5.69 Å². The van der Waals surface area contributed by atoms with Crippen LogP contribution in [0.2, 0.25) is 10.0 Å². The van der Waals surface area contributed by atoms with Crippen LogP contribution in [0, 0.1) is 0 Å². The molecule has 1 atom stereocenters. The summed E-state index contributed by atoms with van der Waals surface area (Å²) in [5.74, 6) is 0. The minimum Gasteiger partial charge on any atom is -0.377 e. The zero-order chi connectivity index (χ0) is 13.8. The van der Waals surface area contributed by atoms with Crippen LogP contribution in [0.15, 0.2) is 46.9 Å². The van der Waals surface area contributed by atoms with E-state index in [1.165, 1.54) is 0 Å². The van der Waals surface area contributed by atoms with Crippen molar-refractivity contribution in [2.45, 2.75) is 6.04 Å². The van der Waals surface area contributed by atoms with Crippen molar-refractivity contribution in [2.75, 3.05) is 11.9 Å². The molecule has 0 fully saturated rings. The van der Waals surface area contributed by atoms with E-state index in [2.05, 4.69) is 21.2 Å². The fourth-order valence-electron chi connectivity index (χ4n) is 1.87. The summed E-state index contributed by atoms with van der Waals surface area (Å²) in [5, 5.41) is 4.58. The number of rotatable bonds is 4. The van der Waals surface area contributed by atoms with Crippen molar-refractivity contribution in [3.05, 3.63) is 62.5 Å². The SMILES string of the molecule is NCC(Nc1cccc(Br)c1)c1c(Cl)cccc1Cl. The maximum atomic E-state index is 6.21. The van der Waals surface area contributed by atoms with Gasteiger partial charge in [0.15, 0.2) is 0 Å². The first-order valence-electron chi connectivity index (χ1n) is 5.78. The third-order valence-electron chi connectivity index (χ3n) is 2.75. The second-order valence-corrected chi connectivity index (χ2v) is 5.81. The molecule has 19 heavy (non-hydrogen) atoms. The smallest absolute Gasteiger partial charge is 0.0665 e. The van der Waals surface area contributed by atoms with Gasteiger partial charge in [-0.05, 0) is 30.3 Å². The van der Waals surface area contributed by atoms with E-state index in [1.807, 2.05) is 42.5 Å². The van der Waals surface area contributed by atoms with Crippen molar-refractivity contribution in [3.8, 4) is 0 Å². The average molecular weight is 360 g/mol. The summed E-state index contributed by atoms with van der Waals surface area (Å²) in [6.45, 7) is 0.399. The fourth-order valence-corrected chi connectivity index (χ4v) is 2.93. The minimum atomic E-state index is -0.129. The van der Waals surface area contributed by atoms with Crippen LogP contribution in [0.5, 0.6) is 0 Å². The third-order valence-corrected chi connectivity index (χ3v) is 3.90. The van der Waals surface area contributed by atoms with Crippen molar-refractivity contribution >= 4 is 44.8 Å². The van der Waals surface area contributed by atoms with E-state index in [1.54, 1.807) is 0 Å². The van der Waals surface area contributed by atoms with Gasteiger partial charge in [0.1, 0.15) is 0 Å². The molecule has 2 aromatic carbocycles. The number of hydrogen-bond acceptors (Lipinski definition) is 2. The van der Waals surface area contributed by atoms with E-state index in [0.717, 1.165) is 15.7 Å². The largest absolute Gasteiger partial charge is 0.377 e. The molecule has 0 aliphatic heterocycles. The molecule has 0 heterocycles. The molecule has 1 unspecified atom stereocenters. The number of hydrogen-bond donors (Lipinski definition) is 2. The summed E-state index contributed by atoms with van der Waals surface area (Å²) >= 11 is 15.9. The molecule has 0 radical (unpaired) electrons. The molecule has 2 aromatic rings. The summed E-state index contributed by atoms with van der Waals surface area (Å²) < 4.78 is 0.999. The van der Waals surface area contributed by atoms with Gasteiger partial charge in [0.05, 0.1) is 6.04 Å². The zero-order valence-electron chi connectivity index (χ0n) is 10.0. The lowest BCUT2D eigenvalue weighted by Crippen LogP contribution is -2.21. The quantitative estimate of drug-likeness (QED) is 0.817. The molecular formula is C14H13BrCl2N2. The highest BCUT2D eigenvalue weighted by molar-refractivity contribution is 9.10. The van der Waals surface area contributed by atoms with Crippen LogP contribution in [0.1, 0.15) is 11.6 Å². The molecule has 0 saturated heterocycles. The Balaban J connectivity index is 2.30. The average Bonchev–Trinajstić information content (AvgIpc) is 2.37. The van der Waals surface area contributed by atoms with Gasteiger partial charge in [-0.2, -0.15) is 0 Å². The monoisotopic (exact) mass is 358 g/mol. The second kappa shape index (κ2) is 6.62. The Labute approximate surface area is 131 Å². The molecule has 100 valence electrons. The van der Waals surface area contributed by atoms with Gasteiger partial charge >= 0.3 is 0 Å². The highest BCUT2D eigenvalue weighted by atomic mass is 79.9. The van der Waals surface area contributed by atoms with E-state index in [9.17, 15) is 0 Å². The van der Waals surface area contributed by atoms with Gasteiger partial charge in [-0.3, -0.25) is 0 Å². The number of benzene rings is 2. The van der Waals surface area contributed by atoms with E-state index >= 15 is 0 Å². The maximum absolute atomic E-state index is 6.21. The zero-order valence-corrected chi connectivity index (χ0v) is 13.1. The Kier molecular flexibility index (Phi) is 5.11. The van der Waals surface area contributed by atoms with Crippen molar-refractivity contribution in [1.82, 2.24) is 0 Å². The van der Waals surface area contributed by atoms with Crippen molar-refractivity contribution in [2.24, 2.45) is 5.73 Å². The number of halogens is 3. The van der Waals surface area contributed by atoms with Gasteiger partial charge in [-0.15, -0.1) is 0 Å². The Hall–Kier alpha value is -0.740. The van der Waals surface area contributed by atoms with Gasteiger partial charge in [0.2, 0.25) is 0 Å². The van der Waals surface area contributed by atoms with Crippen LogP contribution in [-0.4, -0.2) is 6.54 Å². The van der Waals surface area contributed by atoms with Gasteiger partial charge in [0, 0.05) is 32.3 Å². The second-order valence-electron chi connectivity index (χ2n) is 4.08. The van der Waals surface area contributed by atoms with Crippen LogP contribution in [0.3, 0.4) is 0 Å². The first-order valence-corrected chi connectivity index (χ1v) is 7.33. The van der Waals surface area contributed by atoms with E-state index < -0.39 is 0 Å². The Morgan fingerprint density at radius 2 is 1.74 bits per heavy atom. The molecule has 0 aliphatic rings. The Morgan fingerprint density at radius 1 is 1.11 bits per heavy atom. The molecule has 0 aromatic heterocycles. The lowest BCUT2D eigenvalue weighted by molar-refractivity contribution is 0.790. The van der Waals surface area contributed by atoms with Crippen LogP contribution in [0.25, 0.3) is 0 Å². The van der Waals surface area contributed by atoms with Crippen molar-refractivity contribution < 1.29 is 0 Å². The minimum absolute atomic E-state index is 0.129. The Morgan fingerprint density at radius 3 is 2.32 bits per heavy atom. The van der Waals surface area contributed by atoms with Gasteiger partial charge < -0.3 is 11.1 Å². The number of nitrogens with two attached hydrogens (primary N) is 1. The highest BCUT2D eigenvalue weighted by Crippen LogP contribution is 2.32. The van der Waals surface area contributed by atoms with Gasteiger partial charge in [0.25, 0.3) is 0 Å². The predicted octanol–water partition coefficient (Wildman–Crippen LogP) is 4.87. The summed E-state index contributed by atoms with van der Waals surface area (Å²) in [7, 11) is 0. The first kappa shape index (κ1) is 14.7. The summed E-state index contributed by atoms with van der Waals surface area (Å²) in [5.41, 5.74) is 7.62. The molecule has 0 bridgehead atoms. The molecular weight excluding hydrogens is 347 g/mol. The maximum Gasteiger partial charge on any atom is 0.0665 e. The number of nitrogens with one attached hydrogen (secondary N) is 1. The van der Waals surface area contributed by atoms with Crippen molar-refractivity contribution in [3.63, 3.8) is 0 Å². The van der Waals surface area contributed by atoms with E-state index in [4.69, 9.17) is 28.9 Å². The van der Waals surface area contributed by atoms with Gasteiger partial charge in [-0.25, -0.2) is 0 Å². The summed E-state index contributed by atoms with van der Waals surface area (Å²) in [6, 6.07) is 13.2.